The van der Waals surface area contributed by atoms with Gasteiger partial charge in [0.25, 0.3) is 0 Å². The maximum absolute atomic E-state index is 12.6. The monoisotopic (exact) mass is 596 g/mol. The Labute approximate surface area is 254 Å². The topological polar surface area (TPSA) is 149 Å². The van der Waals surface area contributed by atoms with E-state index in [1.54, 1.807) is 24.3 Å². The summed E-state index contributed by atoms with van der Waals surface area (Å²) in [6.07, 6.45) is 11.9. The molecule has 8 nitrogen and oxygen atoms in total. The number of aromatic carboxylic acids is 4. The van der Waals surface area contributed by atoms with Gasteiger partial charge in [-0.05, 0) is 75.0 Å². The minimum Gasteiger partial charge on any atom is -0.478 e. The Morgan fingerprint density at radius 2 is 0.864 bits per heavy atom. The van der Waals surface area contributed by atoms with Gasteiger partial charge in [0.2, 0.25) is 0 Å². The predicted octanol–water partition coefficient (Wildman–Crippen LogP) is 8.99. The first-order valence-corrected chi connectivity index (χ1v) is 15.3. The molecule has 0 radical (unpaired) electrons. The molecule has 0 atom stereocenters. The number of fused-ring (bicyclic) bond motifs is 2. The lowest BCUT2D eigenvalue weighted by Gasteiger charge is -2.21. The van der Waals surface area contributed by atoms with E-state index >= 15 is 0 Å². The molecule has 5 aromatic carbocycles. The molecule has 5 rings (SSSR count). The van der Waals surface area contributed by atoms with Crippen LogP contribution in [0.2, 0.25) is 0 Å². The largest absolute Gasteiger partial charge is 0.478 e. The molecular formula is C36H36O8. The van der Waals surface area contributed by atoms with Crippen molar-refractivity contribution in [3.63, 3.8) is 0 Å². The fourth-order valence-corrected chi connectivity index (χ4v) is 6.78. The fourth-order valence-electron chi connectivity index (χ4n) is 6.78. The summed E-state index contributed by atoms with van der Waals surface area (Å²) in [6, 6.07) is 10.5. The van der Waals surface area contributed by atoms with Crippen LogP contribution in [-0.4, -0.2) is 44.3 Å². The zero-order valence-electron chi connectivity index (χ0n) is 24.7. The Balaban J connectivity index is 1.70. The average molecular weight is 597 g/mol. The van der Waals surface area contributed by atoms with Crippen LogP contribution in [0.5, 0.6) is 0 Å². The van der Waals surface area contributed by atoms with Crippen LogP contribution in [0.4, 0.5) is 0 Å². The number of hydrogen-bond acceptors (Lipinski definition) is 4. The summed E-state index contributed by atoms with van der Waals surface area (Å²) in [6.45, 7) is 2.20. The molecule has 0 aromatic heterocycles. The van der Waals surface area contributed by atoms with Crippen molar-refractivity contribution in [1.82, 2.24) is 0 Å². The zero-order chi connectivity index (χ0) is 31.5. The summed E-state index contributed by atoms with van der Waals surface area (Å²) in [5.74, 6) is -5.02. The van der Waals surface area contributed by atoms with Crippen LogP contribution in [0.3, 0.4) is 0 Å². The van der Waals surface area contributed by atoms with Crippen LogP contribution in [0, 0.1) is 0 Å². The number of carboxylic acid groups (broad SMARTS) is 4. The molecule has 0 aliphatic rings. The summed E-state index contributed by atoms with van der Waals surface area (Å²) in [4.78, 5) is 49.4. The van der Waals surface area contributed by atoms with Crippen molar-refractivity contribution in [3.8, 4) is 0 Å². The van der Waals surface area contributed by atoms with Crippen molar-refractivity contribution < 1.29 is 39.6 Å². The first-order valence-electron chi connectivity index (χ1n) is 15.3. The predicted molar refractivity (Wildman–Crippen MR) is 171 cm³/mol. The number of benzene rings is 5. The molecule has 44 heavy (non-hydrogen) atoms. The van der Waals surface area contributed by atoms with Crippen molar-refractivity contribution in [3.05, 3.63) is 70.3 Å². The molecule has 0 fully saturated rings. The summed E-state index contributed by atoms with van der Waals surface area (Å²) in [5, 5.41) is 43.7. The second-order valence-corrected chi connectivity index (χ2v) is 11.6. The normalized spacial score (nSPS) is 11.7. The Bertz CT molecular complexity index is 1900. The van der Waals surface area contributed by atoms with Gasteiger partial charge in [-0.2, -0.15) is 0 Å². The van der Waals surface area contributed by atoms with Crippen molar-refractivity contribution in [2.75, 3.05) is 0 Å². The lowest BCUT2D eigenvalue weighted by atomic mass is 9.82. The van der Waals surface area contributed by atoms with Crippen LogP contribution in [-0.2, 0) is 6.42 Å². The molecule has 0 aliphatic heterocycles. The van der Waals surface area contributed by atoms with E-state index in [9.17, 15) is 39.6 Å². The van der Waals surface area contributed by atoms with Crippen LogP contribution < -0.4 is 0 Å². The van der Waals surface area contributed by atoms with Gasteiger partial charge in [-0.3, -0.25) is 0 Å². The quantitative estimate of drug-likeness (QED) is 0.0531. The third-order valence-electron chi connectivity index (χ3n) is 8.81. The molecule has 0 amide bonds. The molecule has 0 aliphatic carbocycles. The molecule has 228 valence electrons. The van der Waals surface area contributed by atoms with E-state index in [0.29, 0.717) is 44.3 Å². The Morgan fingerprint density at radius 1 is 0.455 bits per heavy atom. The molecule has 0 spiro atoms. The van der Waals surface area contributed by atoms with Gasteiger partial charge in [-0.25, -0.2) is 19.2 Å². The highest BCUT2D eigenvalue weighted by molar-refractivity contribution is 6.38. The SMILES string of the molecule is CCCCCCCCCCCCc1cc(C(=O)O)c2c(C(=O)O)ccc3c4ccc(C(=O)O)c5c(C(=O)O)ccc(c1c23)c54. The Morgan fingerprint density at radius 3 is 1.34 bits per heavy atom. The van der Waals surface area contributed by atoms with Gasteiger partial charge in [0.1, 0.15) is 0 Å². The van der Waals surface area contributed by atoms with Crippen molar-refractivity contribution in [1.29, 1.82) is 0 Å². The van der Waals surface area contributed by atoms with Crippen LogP contribution in [0.25, 0.3) is 43.1 Å². The number of carbonyl (C=O) groups is 4. The van der Waals surface area contributed by atoms with Gasteiger partial charge in [-0.15, -0.1) is 0 Å². The molecule has 0 saturated heterocycles. The summed E-state index contributed by atoms with van der Waals surface area (Å²) in [5.41, 5.74) is 0.173. The number of rotatable bonds is 15. The van der Waals surface area contributed by atoms with Gasteiger partial charge >= 0.3 is 23.9 Å². The minimum atomic E-state index is -1.26. The lowest BCUT2D eigenvalue weighted by molar-refractivity contribution is 0.0681. The van der Waals surface area contributed by atoms with Gasteiger partial charge in [-0.1, -0.05) is 82.9 Å². The Kier molecular flexibility index (Phi) is 8.99. The van der Waals surface area contributed by atoms with Crippen LogP contribution in [0.15, 0.2) is 42.5 Å². The first kappa shape index (κ1) is 30.7. The fraction of sp³-hybridized carbons (Fsp3) is 0.333. The number of aryl methyl sites for hydroxylation is 1. The van der Waals surface area contributed by atoms with Crippen molar-refractivity contribution in [2.45, 2.75) is 77.6 Å². The first-order chi connectivity index (χ1) is 21.2. The van der Waals surface area contributed by atoms with Crippen molar-refractivity contribution >= 4 is 67.0 Å². The third kappa shape index (κ3) is 5.52. The third-order valence-corrected chi connectivity index (χ3v) is 8.81. The smallest absolute Gasteiger partial charge is 0.336 e. The number of hydrogen-bond donors (Lipinski definition) is 4. The highest BCUT2D eigenvalue weighted by atomic mass is 16.4. The minimum absolute atomic E-state index is 0.0910. The second kappa shape index (κ2) is 12.9. The maximum atomic E-state index is 12.6. The maximum Gasteiger partial charge on any atom is 0.336 e. The molecular weight excluding hydrogens is 560 g/mol. The van der Waals surface area contributed by atoms with Gasteiger partial charge in [0.15, 0.2) is 0 Å². The number of carboxylic acids is 4. The summed E-state index contributed by atoms with van der Waals surface area (Å²) >= 11 is 0. The molecule has 8 heteroatoms. The van der Waals surface area contributed by atoms with Gasteiger partial charge in [0, 0.05) is 10.8 Å². The average Bonchev–Trinajstić information content (AvgIpc) is 2.99. The molecule has 0 heterocycles. The van der Waals surface area contributed by atoms with E-state index in [1.807, 2.05) is 0 Å². The van der Waals surface area contributed by atoms with E-state index in [1.165, 1.54) is 56.7 Å². The number of unbranched alkanes of at least 4 members (excludes halogenated alkanes) is 9. The molecule has 4 N–H and O–H groups in total. The van der Waals surface area contributed by atoms with E-state index in [2.05, 4.69) is 6.92 Å². The highest BCUT2D eigenvalue weighted by Gasteiger charge is 2.27. The molecule has 0 unspecified atom stereocenters. The van der Waals surface area contributed by atoms with Crippen LogP contribution >= 0.6 is 0 Å². The van der Waals surface area contributed by atoms with E-state index < -0.39 is 23.9 Å². The van der Waals surface area contributed by atoms with E-state index in [0.717, 1.165) is 25.7 Å². The van der Waals surface area contributed by atoms with Crippen molar-refractivity contribution in [2.24, 2.45) is 0 Å². The Hall–Kier alpha value is -4.72. The van der Waals surface area contributed by atoms with Gasteiger partial charge in [0.05, 0.1) is 22.3 Å². The molecule has 5 aromatic rings. The standard InChI is InChI=1S/C36H36O8/c1-2-3-4-5-6-7-8-9-10-11-12-20-19-27(36(43)44)31-26(35(41)42)17-14-22-21-13-16-24(33(37)38)30-25(34(39)40)18-15-23(29(21)30)28(20)32(22)31/h13-19H,2-12H2,1H3,(H,37,38)(H,39,40)(H,41,42)(H,43,44). The highest BCUT2D eigenvalue weighted by Crippen LogP contribution is 2.45. The lowest BCUT2D eigenvalue weighted by Crippen LogP contribution is -2.08. The summed E-state index contributed by atoms with van der Waals surface area (Å²) < 4.78 is 0. The van der Waals surface area contributed by atoms with Crippen LogP contribution in [0.1, 0.15) is 118 Å². The second-order valence-electron chi connectivity index (χ2n) is 11.6. The van der Waals surface area contributed by atoms with E-state index in [-0.39, 0.29) is 33.0 Å². The van der Waals surface area contributed by atoms with Gasteiger partial charge < -0.3 is 20.4 Å². The zero-order valence-corrected chi connectivity index (χ0v) is 24.7. The molecule has 0 bridgehead atoms. The van der Waals surface area contributed by atoms with E-state index in [4.69, 9.17) is 0 Å². The molecule has 0 saturated carbocycles. The summed E-state index contributed by atoms with van der Waals surface area (Å²) in [7, 11) is 0.